The molecule has 3 N–H and O–H groups in total. The van der Waals surface area contributed by atoms with Gasteiger partial charge in [0, 0.05) is 43.7 Å². The monoisotopic (exact) mass is 287 g/mol. The lowest BCUT2D eigenvalue weighted by molar-refractivity contribution is -0.133. The fraction of sp³-hybridized carbons (Fsp3) is 0.438. The molecule has 2 aromatic rings. The van der Waals surface area contributed by atoms with Crippen LogP contribution in [-0.2, 0) is 11.2 Å². The van der Waals surface area contributed by atoms with Crippen molar-refractivity contribution >= 4 is 16.8 Å². The number of nitrogens with one attached hydrogen (secondary N) is 2. The molecule has 2 atom stereocenters. The minimum atomic E-state index is -0.466. The second kappa shape index (κ2) is 5.87. The van der Waals surface area contributed by atoms with Crippen LogP contribution in [0.5, 0.6) is 0 Å². The number of aliphatic hydroxyl groups excluding tert-OH is 1. The highest BCUT2D eigenvalue weighted by Gasteiger charge is 2.30. The molecule has 1 aliphatic heterocycles. The molecule has 112 valence electrons. The molecule has 5 heteroatoms. The van der Waals surface area contributed by atoms with Gasteiger partial charge in [0.05, 0.1) is 12.1 Å². The molecule has 1 amide bonds. The lowest BCUT2D eigenvalue weighted by atomic mass is 10.1. The lowest BCUT2D eigenvalue weighted by Crippen LogP contribution is -2.44. The van der Waals surface area contributed by atoms with Crippen molar-refractivity contribution in [1.82, 2.24) is 15.2 Å². The largest absolute Gasteiger partial charge is 0.390 e. The Morgan fingerprint density at radius 2 is 2.19 bits per heavy atom. The topological polar surface area (TPSA) is 68.4 Å². The normalized spacial score (nSPS) is 21.8. The highest BCUT2D eigenvalue weighted by atomic mass is 16.3. The minimum Gasteiger partial charge on any atom is -0.390 e. The second-order valence-corrected chi connectivity index (χ2v) is 5.66. The number of para-hydroxylation sites is 1. The summed E-state index contributed by atoms with van der Waals surface area (Å²) in [6.07, 6.45) is 2.68. The molecule has 3 rings (SSSR count). The number of β-amino-alcohol motifs (C(OH)–C–C–N with tert-alkyl or cyclic N) is 1. The van der Waals surface area contributed by atoms with E-state index in [-0.39, 0.29) is 11.9 Å². The number of aromatic nitrogens is 1. The van der Waals surface area contributed by atoms with Gasteiger partial charge in [-0.05, 0) is 18.1 Å². The maximum atomic E-state index is 12.3. The smallest absolute Gasteiger partial charge is 0.223 e. The third kappa shape index (κ3) is 2.80. The highest BCUT2D eigenvalue weighted by Crippen LogP contribution is 2.19. The Bertz CT molecular complexity index is 637. The lowest BCUT2D eigenvalue weighted by Gasteiger charge is -2.26. The molecule has 1 aromatic carbocycles. The maximum absolute atomic E-state index is 12.3. The Hall–Kier alpha value is -1.85. The molecule has 2 heterocycles. The number of fused-ring (bicyclic) bond motifs is 1. The molecule has 0 aliphatic carbocycles. The fourth-order valence-electron chi connectivity index (χ4n) is 2.99. The van der Waals surface area contributed by atoms with Gasteiger partial charge in [-0.25, -0.2) is 0 Å². The average molecular weight is 287 g/mol. The van der Waals surface area contributed by atoms with Crippen molar-refractivity contribution in [3.8, 4) is 0 Å². The van der Waals surface area contributed by atoms with Gasteiger partial charge in [-0.15, -0.1) is 0 Å². The summed E-state index contributed by atoms with van der Waals surface area (Å²) in [5.74, 6) is 0.0769. The molecule has 0 radical (unpaired) electrons. The van der Waals surface area contributed by atoms with Crippen LogP contribution in [0, 0.1) is 0 Å². The van der Waals surface area contributed by atoms with Crippen LogP contribution in [0.4, 0.5) is 0 Å². The number of likely N-dealkylation sites (N-methyl/N-ethyl adjacent to an activating group) is 1. The number of carbonyl (C=O) groups excluding carboxylic acids is 1. The zero-order valence-electron chi connectivity index (χ0n) is 12.2. The first-order valence-corrected chi connectivity index (χ1v) is 7.36. The Labute approximate surface area is 124 Å². The van der Waals surface area contributed by atoms with Gasteiger partial charge in [-0.2, -0.15) is 0 Å². The van der Waals surface area contributed by atoms with Crippen LogP contribution in [-0.4, -0.2) is 53.2 Å². The van der Waals surface area contributed by atoms with E-state index >= 15 is 0 Å². The van der Waals surface area contributed by atoms with Crippen LogP contribution < -0.4 is 5.32 Å². The van der Waals surface area contributed by atoms with E-state index in [1.807, 2.05) is 24.4 Å². The summed E-state index contributed by atoms with van der Waals surface area (Å²) >= 11 is 0. The Balaban J connectivity index is 1.63. The van der Waals surface area contributed by atoms with E-state index in [9.17, 15) is 9.90 Å². The number of aliphatic hydroxyl groups is 1. The number of carbonyl (C=O) groups is 1. The Morgan fingerprint density at radius 3 is 2.95 bits per heavy atom. The predicted octanol–water partition coefficient (Wildman–Crippen LogP) is 0.892. The van der Waals surface area contributed by atoms with E-state index in [0.717, 1.165) is 11.1 Å². The van der Waals surface area contributed by atoms with E-state index in [2.05, 4.69) is 16.4 Å². The van der Waals surface area contributed by atoms with Crippen molar-refractivity contribution in [2.45, 2.75) is 25.0 Å². The van der Waals surface area contributed by atoms with Gasteiger partial charge in [0.15, 0.2) is 0 Å². The van der Waals surface area contributed by atoms with Crippen molar-refractivity contribution in [2.75, 3.05) is 20.1 Å². The predicted molar refractivity (Wildman–Crippen MR) is 82.1 cm³/mol. The molecule has 0 saturated carbocycles. The number of aryl methyl sites for hydroxylation is 1. The standard InChI is InChI=1S/C16H21N3O2/c1-19(14-9-17-10-15(14)20)16(21)7-6-11-8-18-13-5-3-2-4-12(11)13/h2-5,8,14-15,17-18,20H,6-7,9-10H2,1H3/t14-,15-/m0/s1. The van der Waals surface area contributed by atoms with Crippen molar-refractivity contribution in [3.05, 3.63) is 36.0 Å². The van der Waals surface area contributed by atoms with Crippen LogP contribution in [0.2, 0.25) is 0 Å². The number of hydrogen-bond donors (Lipinski definition) is 3. The summed E-state index contributed by atoms with van der Waals surface area (Å²) in [5.41, 5.74) is 2.26. The molecule has 1 aliphatic rings. The number of rotatable bonds is 4. The first-order valence-electron chi connectivity index (χ1n) is 7.36. The van der Waals surface area contributed by atoms with Crippen LogP contribution in [0.25, 0.3) is 10.9 Å². The number of H-pyrrole nitrogens is 1. The van der Waals surface area contributed by atoms with E-state index in [0.29, 0.717) is 25.9 Å². The van der Waals surface area contributed by atoms with Crippen LogP contribution in [0.15, 0.2) is 30.5 Å². The second-order valence-electron chi connectivity index (χ2n) is 5.66. The summed E-state index contributed by atoms with van der Waals surface area (Å²) in [7, 11) is 1.78. The van der Waals surface area contributed by atoms with Gasteiger partial charge in [0.25, 0.3) is 0 Å². The third-order valence-corrected chi connectivity index (χ3v) is 4.33. The molecule has 1 saturated heterocycles. The molecule has 1 fully saturated rings. The van der Waals surface area contributed by atoms with Gasteiger partial charge in [0.2, 0.25) is 5.91 Å². The Kier molecular flexibility index (Phi) is 3.94. The van der Waals surface area contributed by atoms with E-state index in [1.165, 1.54) is 5.39 Å². The first kappa shape index (κ1) is 14.1. The number of amides is 1. The molecule has 21 heavy (non-hydrogen) atoms. The van der Waals surface area contributed by atoms with Gasteiger partial charge in [-0.3, -0.25) is 4.79 Å². The molecule has 0 bridgehead atoms. The number of hydrogen-bond acceptors (Lipinski definition) is 3. The summed E-state index contributed by atoms with van der Waals surface area (Å²) < 4.78 is 0. The van der Waals surface area contributed by atoms with Crippen LogP contribution in [0.3, 0.4) is 0 Å². The van der Waals surface area contributed by atoms with E-state index in [4.69, 9.17) is 0 Å². The van der Waals surface area contributed by atoms with Crippen molar-refractivity contribution < 1.29 is 9.90 Å². The average Bonchev–Trinajstić information content (AvgIpc) is 3.10. The SMILES string of the molecule is CN(C(=O)CCc1c[nH]c2ccccc12)[C@H]1CNC[C@@H]1O. The summed E-state index contributed by atoms with van der Waals surface area (Å²) in [4.78, 5) is 17.2. The van der Waals surface area contributed by atoms with Crippen molar-refractivity contribution in [1.29, 1.82) is 0 Å². The summed E-state index contributed by atoms with van der Waals surface area (Å²) in [6.45, 7) is 1.22. The molecular weight excluding hydrogens is 266 g/mol. The van der Waals surface area contributed by atoms with Crippen molar-refractivity contribution in [3.63, 3.8) is 0 Å². The Morgan fingerprint density at radius 1 is 1.38 bits per heavy atom. The van der Waals surface area contributed by atoms with E-state index in [1.54, 1.807) is 11.9 Å². The molecule has 5 nitrogen and oxygen atoms in total. The fourth-order valence-corrected chi connectivity index (χ4v) is 2.99. The third-order valence-electron chi connectivity index (χ3n) is 4.33. The zero-order valence-corrected chi connectivity index (χ0v) is 12.2. The molecule has 1 aromatic heterocycles. The maximum Gasteiger partial charge on any atom is 0.223 e. The summed E-state index contributed by atoms with van der Waals surface area (Å²) in [5, 5.41) is 14.1. The van der Waals surface area contributed by atoms with E-state index < -0.39 is 6.10 Å². The van der Waals surface area contributed by atoms with Crippen LogP contribution >= 0.6 is 0 Å². The van der Waals surface area contributed by atoms with Gasteiger partial charge < -0.3 is 20.3 Å². The molecular formula is C16H21N3O2. The number of nitrogens with zero attached hydrogens (tertiary/aromatic N) is 1. The highest BCUT2D eigenvalue weighted by molar-refractivity contribution is 5.84. The zero-order chi connectivity index (χ0) is 14.8. The van der Waals surface area contributed by atoms with Crippen LogP contribution in [0.1, 0.15) is 12.0 Å². The molecule has 0 unspecified atom stereocenters. The van der Waals surface area contributed by atoms with Gasteiger partial charge in [0.1, 0.15) is 0 Å². The number of aromatic amines is 1. The first-order chi connectivity index (χ1) is 10.2. The summed E-state index contributed by atoms with van der Waals surface area (Å²) in [6, 6.07) is 8.00. The van der Waals surface area contributed by atoms with Gasteiger partial charge in [-0.1, -0.05) is 18.2 Å². The minimum absolute atomic E-state index is 0.0769. The quantitative estimate of drug-likeness (QED) is 0.782. The van der Waals surface area contributed by atoms with Gasteiger partial charge >= 0.3 is 0 Å². The number of benzene rings is 1. The van der Waals surface area contributed by atoms with Crippen molar-refractivity contribution in [2.24, 2.45) is 0 Å². The molecule has 0 spiro atoms.